The Balaban J connectivity index is 2.14. The van der Waals surface area contributed by atoms with Crippen LogP contribution in [0.4, 0.5) is 0 Å². The van der Waals surface area contributed by atoms with E-state index in [1.807, 2.05) is 19.1 Å². The van der Waals surface area contributed by atoms with Gasteiger partial charge in [-0.15, -0.1) is 0 Å². The van der Waals surface area contributed by atoms with Crippen molar-refractivity contribution in [2.45, 2.75) is 11.2 Å². The maximum atomic E-state index is 13.4. The van der Waals surface area contributed by atoms with Crippen LogP contribution in [0.2, 0.25) is 0 Å². The van der Waals surface area contributed by atoms with Crippen molar-refractivity contribution in [3.05, 3.63) is 70.9 Å². The van der Waals surface area contributed by atoms with Gasteiger partial charge in [0.05, 0.1) is 19.6 Å². The minimum absolute atomic E-state index is 0.335. The molecule has 0 bridgehead atoms. The molecule has 4 rings (SSSR count). The molecule has 1 aromatic heterocycles. The summed E-state index contributed by atoms with van der Waals surface area (Å²) in [4.78, 5) is 31.3. The summed E-state index contributed by atoms with van der Waals surface area (Å²) in [6.07, 6.45) is 1.62. The first kappa shape index (κ1) is 19.3. The maximum Gasteiger partial charge on any atom is 0.225 e. The monoisotopic (exact) mass is 451 g/mol. The number of nitrogens with zero attached hydrogens (tertiary/aromatic N) is 1. The molecule has 0 fully saturated rings. The van der Waals surface area contributed by atoms with E-state index in [1.165, 1.54) is 14.2 Å². The minimum atomic E-state index is -1.62. The van der Waals surface area contributed by atoms with Gasteiger partial charge >= 0.3 is 0 Å². The Labute approximate surface area is 176 Å². The summed E-state index contributed by atoms with van der Waals surface area (Å²) < 4.78 is 9.63. The van der Waals surface area contributed by atoms with E-state index in [1.54, 1.807) is 30.3 Å². The zero-order valence-corrected chi connectivity index (χ0v) is 17.8. The first-order valence-electron chi connectivity index (χ1n) is 8.95. The van der Waals surface area contributed by atoms with Gasteiger partial charge in [-0.25, -0.2) is 4.98 Å². The molecule has 6 heteroatoms. The lowest BCUT2D eigenvalue weighted by Crippen LogP contribution is -2.33. The van der Waals surface area contributed by atoms with E-state index in [4.69, 9.17) is 9.47 Å². The fourth-order valence-corrected chi connectivity index (χ4v) is 4.79. The molecule has 0 amide bonds. The smallest absolute Gasteiger partial charge is 0.225 e. The Hall–Kier alpha value is -2.99. The molecule has 0 atom stereocenters. The van der Waals surface area contributed by atoms with Gasteiger partial charge in [-0.1, -0.05) is 52.9 Å². The van der Waals surface area contributed by atoms with E-state index in [-0.39, 0.29) is 11.6 Å². The molecule has 5 nitrogen and oxygen atoms in total. The van der Waals surface area contributed by atoms with Crippen LogP contribution < -0.4 is 9.47 Å². The highest BCUT2D eigenvalue weighted by Crippen LogP contribution is 2.52. The topological polar surface area (TPSA) is 65.5 Å². The predicted molar refractivity (Wildman–Crippen MR) is 115 cm³/mol. The standard InChI is InChI=1S/C23H18BrNO4/c1-5-13-11-14-10-12(2)25-22(29-4)17(14)19(28-3)18(13)23(24)20(26)15-8-6-7-9-16(15)21(23)27/h5-11H,1H2,2-4H3. The van der Waals surface area contributed by atoms with Crippen molar-refractivity contribution in [2.75, 3.05) is 14.2 Å². The van der Waals surface area contributed by atoms with E-state index in [2.05, 4.69) is 27.5 Å². The molecule has 146 valence electrons. The second-order valence-corrected chi connectivity index (χ2v) is 8.00. The normalized spacial score (nSPS) is 14.8. The van der Waals surface area contributed by atoms with Crippen LogP contribution in [0.1, 0.15) is 37.5 Å². The summed E-state index contributed by atoms with van der Waals surface area (Å²) in [5.41, 5.74) is 2.54. The van der Waals surface area contributed by atoms with Crippen molar-refractivity contribution < 1.29 is 19.1 Å². The number of ketones is 2. The summed E-state index contributed by atoms with van der Waals surface area (Å²) in [5.74, 6) is 0.0455. The van der Waals surface area contributed by atoms with Crippen LogP contribution in [-0.2, 0) is 4.32 Å². The number of fused-ring (bicyclic) bond motifs is 2. The highest BCUT2D eigenvalue weighted by molar-refractivity contribution is 9.10. The third-order valence-corrected chi connectivity index (χ3v) is 6.32. The third-order valence-electron chi connectivity index (χ3n) is 5.20. The van der Waals surface area contributed by atoms with Crippen LogP contribution >= 0.6 is 15.9 Å². The molecule has 1 heterocycles. The number of benzene rings is 2. The first-order valence-corrected chi connectivity index (χ1v) is 9.74. The Bertz CT molecular complexity index is 1180. The highest BCUT2D eigenvalue weighted by Gasteiger charge is 2.55. The van der Waals surface area contributed by atoms with Crippen LogP contribution in [-0.4, -0.2) is 30.8 Å². The lowest BCUT2D eigenvalue weighted by Gasteiger charge is -2.25. The molecule has 3 aromatic rings. The Morgan fingerprint density at radius 2 is 1.69 bits per heavy atom. The second-order valence-electron chi connectivity index (χ2n) is 6.81. The number of halogens is 1. The molecule has 0 unspecified atom stereocenters. The predicted octanol–water partition coefficient (Wildman–Crippen LogP) is 4.87. The number of hydrogen-bond donors (Lipinski definition) is 0. The van der Waals surface area contributed by atoms with Crippen molar-refractivity contribution in [1.29, 1.82) is 0 Å². The number of aryl methyl sites for hydroxylation is 1. The van der Waals surface area contributed by atoms with Crippen molar-refractivity contribution in [1.82, 2.24) is 4.98 Å². The first-order chi connectivity index (χ1) is 13.9. The Kier molecular flexibility index (Phi) is 4.54. The van der Waals surface area contributed by atoms with Gasteiger partial charge in [0.15, 0.2) is 15.9 Å². The van der Waals surface area contributed by atoms with Crippen molar-refractivity contribution in [2.24, 2.45) is 0 Å². The Morgan fingerprint density at radius 1 is 1.07 bits per heavy atom. The van der Waals surface area contributed by atoms with Gasteiger partial charge < -0.3 is 9.47 Å². The molecule has 0 saturated carbocycles. The fourth-order valence-electron chi connectivity index (χ4n) is 3.96. The van der Waals surface area contributed by atoms with Gasteiger partial charge in [0.25, 0.3) is 0 Å². The third kappa shape index (κ3) is 2.55. The number of hydrogen-bond acceptors (Lipinski definition) is 5. The summed E-state index contributed by atoms with van der Waals surface area (Å²) in [6, 6.07) is 10.6. The molecule has 1 aliphatic carbocycles. The molecule has 0 radical (unpaired) electrons. The quantitative estimate of drug-likeness (QED) is 0.418. The molecular weight excluding hydrogens is 434 g/mol. The van der Waals surface area contributed by atoms with E-state index in [0.29, 0.717) is 39.3 Å². The van der Waals surface area contributed by atoms with Gasteiger partial charge in [0, 0.05) is 22.4 Å². The summed E-state index contributed by atoms with van der Waals surface area (Å²) in [6.45, 7) is 5.76. The number of pyridine rings is 1. The SMILES string of the molecule is C=Cc1cc2cc(C)nc(OC)c2c(OC)c1C1(Br)C(=O)c2ccccc2C1=O. The number of ether oxygens (including phenoxy) is 2. The number of methoxy groups -OCH3 is 2. The average Bonchev–Trinajstić information content (AvgIpc) is 2.93. The molecule has 0 saturated heterocycles. The zero-order chi connectivity index (χ0) is 20.9. The fraction of sp³-hybridized carbons (Fsp3) is 0.174. The van der Waals surface area contributed by atoms with Crippen LogP contribution in [0.3, 0.4) is 0 Å². The van der Waals surface area contributed by atoms with Crippen LogP contribution in [0.25, 0.3) is 16.8 Å². The van der Waals surface area contributed by atoms with Crippen LogP contribution in [0.15, 0.2) is 43.0 Å². The van der Waals surface area contributed by atoms with E-state index in [0.717, 1.165) is 11.1 Å². The summed E-state index contributed by atoms with van der Waals surface area (Å²) in [7, 11) is 3.02. The van der Waals surface area contributed by atoms with Crippen LogP contribution in [0, 0.1) is 6.92 Å². The lowest BCUT2D eigenvalue weighted by molar-refractivity contribution is 0.0869. The molecule has 0 spiro atoms. The van der Waals surface area contributed by atoms with Crippen molar-refractivity contribution in [3.8, 4) is 11.6 Å². The van der Waals surface area contributed by atoms with Gasteiger partial charge in [-0.05, 0) is 30.0 Å². The number of rotatable bonds is 4. The lowest BCUT2D eigenvalue weighted by atomic mass is 9.86. The average molecular weight is 452 g/mol. The number of aromatic nitrogens is 1. The summed E-state index contributed by atoms with van der Waals surface area (Å²) >= 11 is 3.51. The largest absolute Gasteiger partial charge is 0.496 e. The number of Topliss-reactive ketones (excluding diaryl/α,β-unsaturated/α-hetero) is 2. The van der Waals surface area contributed by atoms with Gasteiger partial charge in [-0.2, -0.15) is 0 Å². The van der Waals surface area contributed by atoms with Crippen molar-refractivity contribution in [3.63, 3.8) is 0 Å². The van der Waals surface area contributed by atoms with E-state index in [9.17, 15) is 9.59 Å². The molecule has 1 aliphatic rings. The van der Waals surface area contributed by atoms with Gasteiger partial charge in [0.1, 0.15) is 5.75 Å². The zero-order valence-electron chi connectivity index (χ0n) is 16.2. The molecular formula is C23H18BrNO4. The highest BCUT2D eigenvalue weighted by atomic mass is 79.9. The molecule has 29 heavy (non-hydrogen) atoms. The van der Waals surface area contributed by atoms with Gasteiger partial charge in [0.2, 0.25) is 5.88 Å². The molecule has 2 aromatic carbocycles. The Morgan fingerprint density at radius 3 is 2.21 bits per heavy atom. The van der Waals surface area contributed by atoms with E-state index >= 15 is 0 Å². The minimum Gasteiger partial charge on any atom is -0.496 e. The number of carbonyl (C=O) groups is 2. The number of alkyl halides is 1. The molecule has 0 N–H and O–H groups in total. The van der Waals surface area contributed by atoms with Crippen LogP contribution in [0.5, 0.6) is 11.6 Å². The number of carbonyl (C=O) groups excluding carboxylic acids is 2. The van der Waals surface area contributed by atoms with E-state index < -0.39 is 4.32 Å². The summed E-state index contributed by atoms with van der Waals surface area (Å²) in [5, 5.41) is 1.41. The second kappa shape index (κ2) is 6.81. The maximum absolute atomic E-state index is 13.4. The van der Waals surface area contributed by atoms with Gasteiger partial charge in [-0.3, -0.25) is 9.59 Å². The molecule has 0 aliphatic heterocycles. The van der Waals surface area contributed by atoms with Crippen molar-refractivity contribution >= 4 is 44.3 Å².